The molecule has 170 valence electrons. The van der Waals surface area contributed by atoms with Gasteiger partial charge in [0, 0.05) is 45.0 Å². The molecule has 2 amide bonds. The van der Waals surface area contributed by atoms with Gasteiger partial charge in [-0.3, -0.25) is 9.59 Å². The Balaban J connectivity index is 1.70. The lowest BCUT2D eigenvalue weighted by atomic mass is 9.91. The molecule has 0 unspecified atom stereocenters. The molecule has 1 N–H and O–H groups in total. The molecule has 1 aromatic heterocycles. The minimum absolute atomic E-state index is 0.0636. The highest BCUT2D eigenvalue weighted by Gasteiger charge is 2.41. The third-order valence-corrected chi connectivity index (χ3v) is 6.37. The third-order valence-electron chi connectivity index (χ3n) is 6.37. The first kappa shape index (κ1) is 22.0. The van der Waals surface area contributed by atoms with E-state index in [0.29, 0.717) is 24.1 Å². The van der Waals surface area contributed by atoms with Crippen LogP contribution in [0, 0.1) is 5.41 Å². The molecule has 0 radical (unpaired) electrons. The summed E-state index contributed by atoms with van der Waals surface area (Å²) in [7, 11) is 5.26. The SMILES string of the molecule is CN(C)C(=O)c1cccc(Nc2ncc3c(n2)N(C2CCCC2)CC(C)(C)C(=O)N3C)c1. The van der Waals surface area contributed by atoms with Crippen molar-refractivity contribution in [3.63, 3.8) is 0 Å². The van der Waals surface area contributed by atoms with Gasteiger partial charge < -0.3 is 20.0 Å². The summed E-state index contributed by atoms with van der Waals surface area (Å²) in [5.74, 6) is 1.24. The van der Waals surface area contributed by atoms with E-state index in [1.165, 1.54) is 12.8 Å². The summed E-state index contributed by atoms with van der Waals surface area (Å²) in [4.78, 5) is 40.3. The Morgan fingerprint density at radius 2 is 1.94 bits per heavy atom. The number of carbonyl (C=O) groups is 2. The van der Waals surface area contributed by atoms with Gasteiger partial charge in [0.2, 0.25) is 11.9 Å². The van der Waals surface area contributed by atoms with Gasteiger partial charge in [-0.2, -0.15) is 4.98 Å². The number of nitrogens with one attached hydrogen (secondary N) is 1. The highest BCUT2D eigenvalue weighted by Crippen LogP contribution is 2.40. The standard InChI is InChI=1S/C24H32N6O2/c1-24(2)15-30(18-11-6-7-12-18)20-19(29(5)22(24)32)14-25-23(27-20)26-17-10-8-9-16(13-17)21(31)28(3)4/h8-10,13-14,18H,6-7,11-12,15H2,1-5H3,(H,25,26,27). The van der Waals surface area contributed by atoms with Crippen LogP contribution in [0.2, 0.25) is 0 Å². The number of nitrogens with zero attached hydrogens (tertiary/aromatic N) is 5. The van der Waals surface area contributed by atoms with E-state index in [4.69, 9.17) is 4.98 Å². The Labute approximate surface area is 189 Å². The maximum atomic E-state index is 13.1. The number of rotatable bonds is 4. The normalized spacial score (nSPS) is 18.3. The van der Waals surface area contributed by atoms with Crippen LogP contribution in [0.1, 0.15) is 49.9 Å². The Hall–Kier alpha value is -3.16. The van der Waals surface area contributed by atoms with Crippen LogP contribution in [0.4, 0.5) is 23.1 Å². The Kier molecular flexibility index (Phi) is 5.79. The molecule has 1 saturated carbocycles. The number of hydrogen-bond donors (Lipinski definition) is 1. The van der Waals surface area contributed by atoms with Crippen LogP contribution in [0.15, 0.2) is 30.5 Å². The Bertz CT molecular complexity index is 1030. The molecular weight excluding hydrogens is 404 g/mol. The molecule has 0 saturated heterocycles. The van der Waals surface area contributed by atoms with Crippen LogP contribution in [-0.2, 0) is 4.79 Å². The van der Waals surface area contributed by atoms with Gasteiger partial charge >= 0.3 is 0 Å². The second-order valence-corrected chi connectivity index (χ2v) is 9.62. The first-order valence-corrected chi connectivity index (χ1v) is 11.2. The van der Waals surface area contributed by atoms with Crippen molar-refractivity contribution in [1.82, 2.24) is 14.9 Å². The minimum Gasteiger partial charge on any atom is -0.351 e. The summed E-state index contributed by atoms with van der Waals surface area (Å²) in [5, 5.41) is 3.24. The zero-order valence-corrected chi connectivity index (χ0v) is 19.6. The zero-order valence-electron chi connectivity index (χ0n) is 19.6. The molecule has 0 bridgehead atoms. The van der Waals surface area contributed by atoms with Crippen LogP contribution in [0.5, 0.6) is 0 Å². The molecule has 0 spiro atoms. The van der Waals surface area contributed by atoms with Gasteiger partial charge in [-0.05, 0) is 44.9 Å². The lowest BCUT2D eigenvalue weighted by Gasteiger charge is -2.34. The highest BCUT2D eigenvalue weighted by molar-refractivity contribution is 6.01. The molecule has 1 aliphatic carbocycles. The van der Waals surface area contributed by atoms with E-state index < -0.39 is 5.41 Å². The fourth-order valence-corrected chi connectivity index (χ4v) is 4.64. The number of aromatic nitrogens is 2. The van der Waals surface area contributed by atoms with E-state index in [2.05, 4.69) is 15.2 Å². The molecule has 2 heterocycles. The zero-order chi connectivity index (χ0) is 23.0. The van der Waals surface area contributed by atoms with Gasteiger partial charge in [0.15, 0.2) is 5.82 Å². The summed E-state index contributed by atoms with van der Waals surface area (Å²) < 4.78 is 0. The van der Waals surface area contributed by atoms with Crippen molar-refractivity contribution in [3.05, 3.63) is 36.0 Å². The number of benzene rings is 1. The number of hydrogen-bond acceptors (Lipinski definition) is 6. The van der Waals surface area contributed by atoms with Crippen LogP contribution < -0.4 is 15.1 Å². The van der Waals surface area contributed by atoms with Gasteiger partial charge in [0.05, 0.1) is 11.6 Å². The fourth-order valence-electron chi connectivity index (χ4n) is 4.64. The second-order valence-electron chi connectivity index (χ2n) is 9.62. The van der Waals surface area contributed by atoms with E-state index in [0.717, 1.165) is 30.0 Å². The van der Waals surface area contributed by atoms with Crippen molar-refractivity contribution in [2.75, 3.05) is 42.8 Å². The smallest absolute Gasteiger partial charge is 0.253 e. The van der Waals surface area contributed by atoms with Gasteiger partial charge in [0.25, 0.3) is 5.91 Å². The Morgan fingerprint density at radius 1 is 1.22 bits per heavy atom. The molecule has 1 aromatic carbocycles. The van der Waals surface area contributed by atoms with E-state index >= 15 is 0 Å². The molecule has 1 aliphatic heterocycles. The van der Waals surface area contributed by atoms with Gasteiger partial charge in [-0.1, -0.05) is 18.9 Å². The molecule has 2 aromatic rings. The predicted molar refractivity (Wildman–Crippen MR) is 127 cm³/mol. The summed E-state index contributed by atoms with van der Waals surface area (Å²) in [6, 6.07) is 7.67. The molecule has 4 rings (SSSR count). The average molecular weight is 437 g/mol. The first-order chi connectivity index (χ1) is 15.2. The van der Waals surface area contributed by atoms with E-state index in [-0.39, 0.29) is 11.8 Å². The second kappa shape index (κ2) is 8.41. The first-order valence-electron chi connectivity index (χ1n) is 11.2. The number of fused-ring (bicyclic) bond motifs is 1. The van der Waals surface area contributed by atoms with Crippen LogP contribution in [-0.4, -0.2) is 60.4 Å². The number of amides is 2. The molecular formula is C24H32N6O2. The summed E-state index contributed by atoms with van der Waals surface area (Å²) >= 11 is 0. The summed E-state index contributed by atoms with van der Waals surface area (Å²) in [6.07, 6.45) is 6.33. The summed E-state index contributed by atoms with van der Waals surface area (Å²) in [6.45, 7) is 4.62. The topological polar surface area (TPSA) is 81.7 Å². The van der Waals surface area contributed by atoms with E-state index in [9.17, 15) is 9.59 Å². The van der Waals surface area contributed by atoms with Crippen molar-refractivity contribution in [3.8, 4) is 0 Å². The Morgan fingerprint density at radius 3 is 2.62 bits per heavy atom. The third kappa shape index (κ3) is 4.13. The maximum absolute atomic E-state index is 13.1. The van der Waals surface area contributed by atoms with Crippen molar-refractivity contribution < 1.29 is 9.59 Å². The van der Waals surface area contributed by atoms with Crippen LogP contribution in [0.25, 0.3) is 0 Å². The number of anilines is 4. The summed E-state index contributed by atoms with van der Waals surface area (Å²) in [5.41, 5.74) is 1.54. The van der Waals surface area contributed by atoms with Crippen molar-refractivity contribution >= 4 is 35.0 Å². The quantitative estimate of drug-likeness (QED) is 0.788. The van der Waals surface area contributed by atoms with Crippen molar-refractivity contribution in [2.24, 2.45) is 5.41 Å². The van der Waals surface area contributed by atoms with Gasteiger partial charge in [-0.15, -0.1) is 0 Å². The van der Waals surface area contributed by atoms with E-state index in [1.54, 1.807) is 49.3 Å². The largest absolute Gasteiger partial charge is 0.351 e. The van der Waals surface area contributed by atoms with Gasteiger partial charge in [-0.25, -0.2) is 4.98 Å². The lowest BCUT2D eigenvalue weighted by Crippen LogP contribution is -2.45. The fraction of sp³-hybridized carbons (Fsp3) is 0.500. The minimum atomic E-state index is -0.521. The maximum Gasteiger partial charge on any atom is 0.253 e. The molecule has 8 nitrogen and oxygen atoms in total. The van der Waals surface area contributed by atoms with Crippen LogP contribution >= 0.6 is 0 Å². The highest BCUT2D eigenvalue weighted by atomic mass is 16.2. The predicted octanol–water partition coefficient (Wildman–Crippen LogP) is 3.67. The number of carbonyl (C=O) groups excluding carboxylic acids is 2. The molecule has 32 heavy (non-hydrogen) atoms. The molecule has 2 aliphatic rings. The average Bonchev–Trinajstić information content (AvgIpc) is 3.28. The van der Waals surface area contributed by atoms with E-state index in [1.807, 2.05) is 26.0 Å². The lowest BCUT2D eigenvalue weighted by molar-refractivity contribution is -0.125. The van der Waals surface area contributed by atoms with Crippen LogP contribution in [0.3, 0.4) is 0 Å². The molecule has 1 fully saturated rings. The molecule has 0 atom stereocenters. The molecule has 8 heteroatoms. The van der Waals surface area contributed by atoms with Crippen molar-refractivity contribution in [1.29, 1.82) is 0 Å². The monoisotopic (exact) mass is 436 g/mol. The van der Waals surface area contributed by atoms with Gasteiger partial charge in [0.1, 0.15) is 5.69 Å². The van der Waals surface area contributed by atoms with Crippen molar-refractivity contribution in [2.45, 2.75) is 45.6 Å².